The summed E-state index contributed by atoms with van der Waals surface area (Å²) < 4.78 is 45.3. The lowest BCUT2D eigenvalue weighted by Gasteiger charge is -2.26. The van der Waals surface area contributed by atoms with Crippen molar-refractivity contribution in [1.82, 2.24) is 9.21 Å². The van der Waals surface area contributed by atoms with Gasteiger partial charge in [-0.3, -0.25) is 14.5 Å². The summed E-state index contributed by atoms with van der Waals surface area (Å²) in [6, 6.07) is 11.5. The Balaban J connectivity index is 1.47. The van der Waals surface area contributed by atoms with Crippen LogP contribution in [0.1, 0.15) is 6.42 Å². The molecule has 12 heteroatoms. The molecule has 1 N–H and O–H groups in total. The highest BCUT2D eigenvalue weighted by molar-refractivity contribution is 8.15. The fourth-order valence-electron chi connectivity index (χ4n) is 3.67. The molecule has 0 unspecified atom stereocenters. The van der Waals surface area contributed by atoms with Gasteiger partial charge in [0, 0.05) is 31.7 Å². The number of carbonyl (C=O) groups excluding carboxylic acids is 2. The summed E-state index contributed by atoms with van der Waals surface area (Å²) in [5, 5.41) is 2.36. The third-order valence-corrected chi connectivity index (χ3v) is 8.59. The molecule has 2 aliphatic heterocycles. The predicted octanol–water partition coefficient (Wildman–Crippen LogP) is 2.99. The Morgan fingerprint density at radius 1 is 1.17 bits per heavy atom. The first-order chi connectivity index (χ1) is 17.3. The standard InChI is InChI=1S/C24H25FN4O5S2/c1-2-11-29-23(31)21(16-22(30)26-18-5-3-17(25)4-6-18)35-24(29)27-19-7-9-20(10-8-19)36(32,33)28-12-14-34-15-13-28/h2-10,21H,1,11-16H2,(H,26,30)/t21-/m0/s1. The van der Waals surface area contributed by atoms with E-state index in [9.17, 15) is 22.4 Å². The van der Waals surface area contributed by atoms with E-state index in [2.05, 4.69) is 16.9 Å². The van der Waals surface area contributed by atoms with E-state index < -0.39 is 21.1 Å². The number of amides is 2. The van der Waals surface area contributed by atoms with Gasteiger partial charge in [-0.15, -0.1) is 6.58 Å². The van der Waals surface area contributed by atoms with Gasteiger partial charge < -0.3 is 10.1 Å². The number of morpholine rings is 1. The number of hydrogen-bond donors (Lipinski definition) is 1. The summed E-state index contributed by atoms with van der Waals surface area (Å²) in [6.45, 7) is 5.22. The van der Waals surface area contributed by atoms with Crippen LogP contribution >= 0.6 is 11.8 Å². The summed E-state index contributed by atoms with van der Waals surface area (Å²) in [5.41, 5.74) is 0.900. The molecule has 0 bridgehead atoms. The van der Waals surface area contributed by atoms with E-state index in [1.165, 1.54) is 45.6 Å². The van der Waals surface area contributed by atoms with Crippen LogP contribution in [-0.2, 0) is 24.3 Å². The van der Waals surface area contributed by atoms with Gasteiger partial charge in [0.05, 0.1) is 23.8 Å². The number of nitrogens with one attached hydrogen (secondary N) is 1. The van der Waals surface area contributed by atoms with Crippen molar-refractivity contribution in [2.75, 3.05) is 38.2 Å². The molecule has 0 aliphatic carbocycles. The molecule has 2 aliphatic rings. The predicted molar refractivity (Wildman–Crippen MR) is 136 cm³/mol. The van der Waals surface area contributed by atoms with Crippen molar-refractivity contribution in [3.63, 3.8) is 0 Å². The van der Waals surface area contributed by atoms with Gasteiger partial charge in [-0.05, 0) is 48.5 Å². The van der Waals surface area contributed by atoms with Gasteiger partial charge in [0.2, 0.25) is 21.8 Å². The van der Waals surface area contributed by atoms with Crippen LogP contribution in [0, 0.1) is 5.82 Å². The molecule has 0 radical (unpaired) electrons. The van der Waals surface area contributed by atoms with Crippen LogP contribution in [0.4, 0.5) is 15.8 Å². The number of ether oxygens (including phenoxy) is 1. The molecule has 0 aromatic heterocycles. The molecule has 4 rings (SSSR count). The normalized spacial score (nSPS) is 20.0. The largest absolute Gasteiger partial charge is 0.379 e. The Morgan fingerprint density at radius 3 is 2.47 bits per heavy atom. The monoisotopic (exact) mass is 532 g/mol. The second-order valence-corrected chi connectivity index (χ2v) is 11.1. The number of hydrogen-bond acceptors (Lipinski definition) is 7. The summed E-state index contributed by atoms with van der Waals surface area (Å²) in [6.07, 6.45) is 1.47. The first kappa shape index (κ1) is 26.0. The molecule has 2 aromatic rings. The van der Waals surface area contributed by atoms with Crippen molar-refractivity contribution in [1.29, 1.82) is 0 Å². The number of thioether (sulfide) groups is 1. The lowest BCUT2D eigenvalue weighted by molar-refractivity contribution is -0.127. The number of rotatable bonds is 8. The highest BCUT2D eigenvalue weighted by Gasteiger charge is 2.38. The molecule has 2 heterocycles. The van der Waals surface area contributed by atoms with Crippen molar-refractivity contribution in [3.05, 3.63) is 67.0 Å². The maximum Gasteiger partial charge on any atom is 0.243 e. The molecule has 36 heavy (non-hydrogen) atoms. The molecule has 190 valence electrons. The first-order valence-electron chi connectivity index (χ1n) is 11.2. The highest BCUT2D eigenvalue weighted by atomic mass is 32.2. The van der Waals surface area contributed by atoms with Gasteiger partial charge in [0.15, 0.2) is 5.17 Å². The third-order valence-electron chi connectivity index (χ3n) is 5.50. The molecule has 0 saturated carbocycles. The fraction of sp³-hybridized carbons (Fsp3) is 0.292. The summed E-state index contributed by atoms with van der Waals surface area (Å²) in [7, 11) is -3.63. The number of nitrogens with zero attached hydrogens (tertiary/aromatic N) is 3. The van der Waals surface area contributed by atoms with Gasteiger partial charge in [-0.1, -0.05) is 17.8 Å². The SMILES string of the molecule is C=CCN1C(=O)[C@H](CC(=O)Nc2ccc(F)cc2)SC1=Nc1ccc(S(=O)(=O)N2CCOCC2)cc1. The van der Waals surface area contributed by atoms with E-state index in [0.29, 0.717) is 42.8 Å². The van der Waals surface area contributed by atoms with Crippen molar-refractivity contribution in [2.45, 2.75) is 16.6 Å². The van der Waals surface area contributed by atoms with Gasteiger partial charge in [-0.25, -0.2) is 17.8 Å². The quantitative estimate of drug-likeness (QED) is 0.524. The summed E-state index contributed by atoms with van der Waals surface area (Å²) >= 11 is 1.15. The molecule has 1 atom stereocenters. The Hall–Kier alpha value is -3.06. The zero-order valence-corrected chi connectivity index (χ0v) is 20.9. The second kappa shape index (κ2) is 11.3. The molecule has 9 nitrogen and oxygen atoms in total. The van der Waals surface area contributed by atoms with Gasteiger partial charge in [-0.2, -0.15) is 4.31 Å². The number of anilines is 1. The number of aliphatic imine (C=N–C) groups is 1. The van der Waals surface area contributed by atoms with Gasteiger partial charge in [0.1, 0.15) is 11.1 Å². The minimum atomic E-state index is -3.63. The molecule has 2 aromatic carbocycles. The van der Waals surface area contributed by atoms with Crippen LogP contribution in [0.2, 0.25) is 0 Å². The van der Waals surface area contributed by atoms with Crippen LogP contribution < -0.4 is 5.32 Å². The number of carbonyl (C=O) groups is 2. The number of benzene rings is 2. The van der Waals surface area contributed by atoms with Crippen LogP contribution in [-0.4, -0.2) is 72.7 Å². The molecular formula is C24H25FN4O5S2. The van der Waals surface area contributed by atoms with Gasteiger partial charge in [0.25, 0.3) is 0 Å². The Kier molecular flexibility index (Phi) is 8.19. The average molecular weight is 533 g/mol. The highest BCUT2D eigenvalue weighted by Crippen LogP contribution is 2.32. The first-order valence-corrected chi connectivity index (χ1v) is 13.5. The minimum Gasteiger partial charge on any atom is -0.379 e. The number of amidine groups is 1. The van der Waals surface area contributed by atoms with E-state index in [1.54, 1.807) is 18.2 Å². The van der Waals surface area contributed by atoms with E-state index >= 15 is 0 Å². The van der Waals surface area contributed by atoms with E-state index in [0.717, 1.165) is 11.8 Å². The van der Waals surface area contributed by atoms with Crippen LogP contribution in [0.15, 0.2) is 71.1 Å². The Morgan fingerprint density at radius 2 is 1.83 bits per heavy atom. The smallest absolute Gasteiger partial charge is 0.243 e. The fourth-order valence-corrected chi connectivity index (χ4v) is 6.25. The average Bonchev–Trinajstić information content (AvgIpc) is 3.15. The molecular weight excluding hydrogens is 507 g/mol. The Bertz CT molecular complexity index is 1260. The minimum absolute atomic E-state index is 0.0930. The zero-order chi connectivity index (χ0) is 25.7. The lowest BCUT2D eigenvalue weighted by Crippen LogP contribution is -2.40. The molecule has 2 saturated heterocycles. The second-order valence-electron chi connectivity index (χ2n) is 8.01. The zero-order valence-electron chi connectivity index (χ0n) is 19.3. The van der Waals surface area contributed by atoms with E-state index in [1.807, 2.05) is 0 Å². The van der Waals surface area contributed by atoms with Crippen molar-refractivity contribution in [2.24, 2.45) is 4.99 Å². The molecule has 0 spiro atoms. The maximum absolute atomic E-state index is 13.1. The van der Waals surface area contributed by atoms with Crippen molar-refractivity contribution in [3.8, 4) is 0 Å². The maximum atomic E-state index is 13.1. The summed E-state index contributed by atoms with van der Waals surface area (Å²) in [4.78, 5) is 31.5. The number of halogens is 1. The lowest BCUT2D eigenvalue weighted by atomic mass is 10.2. The van der Waals surface area contributed by atoms with Gasteiger partial charge >= 0.3 is 0 Å². The van der Waals surface area contributed by atoms with E-state index in [4.69, 9.17) is 4.74 Å². The van der Waals surface area contributed by atoms with Crippen molar-refractivity contribution < 1.29 is 27.1 Å². The summed E-state index contributed by atoms with van der Waals surface area (Å²) in [5.74, 6) is -1.08. The molecule has 2 fully saturated rings. The van der Waals surface area contributed by atoms with Crippen LogP contribution in [0.3, 0.4) is 0 Å². The van der Waals surface area contributed by atoms with E-state index in [-0.39, 0.29) is 29.7 Å². The third kappa shape index (κ3) is 6.01. The van der Waals surface area contributed by atoms with Crippen LogP contribution in [0.5, 0.6) is 0 Å². The topological polar surface area (TPSA) is 108 Å². The molecule has 2 amide bonds. The van der Waals surface area contributed by atoms with Crippen LogP contribution in [0.25, 0.3) is 0 Å². The number of sulfonamides is 1. The van der Waals surface area contributed by atoms with Crippen molar-refractivity contribution >= 4 is 50.1 Å². The Labute approximate surface area is 213 Å².